The van der Waals surface area contributed by atoms with Crippen molar-refractivity contribution in [3.05, 3.63) is 70.8 Å². The molecule has 0 saturated carbocycles. The van der Waals surface area contributed by atoms with Crippen LogP contribution in [0.3, 0.4) is 0 Å². The van der Waals surface area contributed by atoms with Gasteiger partial charge in [-0.15, -0.1) is 0 Å². The Bertz CT molecular complexity index is 1030. The molecule has 1 fully saturated rings. The summed E-state index contributed by atoms with van der Waals surface area (Å²) < 4.78 is 2.09. The van der Waals surface area contributed by atoms with E-state index in [0.717, 1.165) is 22.3 Å². The molecule has 2 aromatic carbocycles. The van der Waals surface area contributed by atoms with E-state index in [0.29, 0.717) is 10.1 Å². The van der Waals surface area contributed by atoms with Crippen molar-refractivity contribution < 1.29 is 4.79 Å². The SMILES string of the molecule is Cc1ccc(N=C2NC(=O)/C(=C\c3cc4ccccc4n3C)S2)cc1. The maximum absolute atomic E-state index is 12.3. The maximum Gasteiger partial charge on any atom is 0.264 e. The van der Waals surface area contributed by atoms with Crippen LogP contribution in [-0.2, 0) is 11.8 Å². The van der Waals surface area contributed by atoms with Gasteiger partial charge < -0.3 is 9.88 Å². The van der Waals surface area contributed by atoms with E-state index in [4.69, 9.17) is 0 Å². The minimum atomic E-state index is -0.110. The van der Waals surface area contributed by atoms with Crippen molar-refractivity contribution in [2.75, 3.05) is 0 Å². The molecule has 0 aliphatic carbocycles. The van der Waals surface area contributed by atoms with Crippen molar-refractivity contribution in [2.45, 2.75) is 6.92 Å². The van der Waals surface area contributed by atoms with Gasteiger partial charge in [0.05, 0.1) is 10.6 Å². The number of aromatic nitrogens is 1. The number of nitrogens with zero attached hydrogens (tertiary/aromatic N) is 2. The van der Waals surface area contributed by atoms with E-state index < -0.39 is 0 Å². The molecule has 1 saturated heterocycles. The number of amidine groups is 1. The first-order valence-corrected chi connectivity index (χ1v) is 8.82. The summed E-state index contributed by atoms with van der Waals surface area (Å²) in [5.74, 6) is -0.110. The highest BCUT2D eigenvalue weighted by Crippen LogP contribution is 2.29. The number of amides is 1. The van der Waals surface area contributed by atoms with E-state index in [1.165, 1.54) is 17.3 Å². The standard InChI is InChI=1S/C20H17N3OS/c1-13-7-9-15(10-8-13)21-20-22-19(24)18(25-20)12-16-11-14-5-3-4-6-17(14)23(16)2/h3-12H,1-2H3,(H,21,22,24)/b18-12+. The summed E-state index contributed by atoms with van der Waals surface area (Å²) in [4.78, 5) is 17.4. The van der Waals surface area contributed by atoms with Crippen LogP contribution in [0.4, 0.5) is 5.69 Å². The number of para-hydroxylation sites is 1. The fourth-order valence-electron chi connectivity index (χ4n) is 2.80. The Kier molecular flexibility index (Phi) is 3.93. The zero-order chi connectivity index (χ0) is 17.4. The zero-order valence-corrected chi connectivity index (χ0v) is 14.8. The molecule has 1 amide bonds. The summed E-state index contributed by atoms with van der Waals surface area (Å²) in [6.07, 6.45) is 1.91. The molecule has 1 N–H and O–H groups in total. The fourth-order valence-corrected chi connectivity index (χ4v) is 3.63. The Morgan fingerprint density at radius 1 is 1.12 bits per heavy atom. The Morgan fingerprint density at radius 2 is 1.88 bits per heavy atom. The molecule has 3 aromatic rings. The third kappa shape index (κ3) is 3.10. The number of carbonyl (C=O) groups excluding carboxylic acids is 1. The van der Waals surface area contributed by atoms with Crippen molar-refractivity contribution in [1.29, 1.82) is 0 Å². The quantitative estimate of drug-likeness (QED) is 0.699. The molecule has 0 unspecified atom stereocenters. The van der Waals surface area contributed by atoms with E-state index in [2.05, 4.69) is 33.1 Å². The highest BCUT2D eigenvalue weighted by atomic mass is 32.2. The number of fused-ring (bicyclic) bond motifs is 1. The molecule has 2 heterocycles. The first-order valence-electron chi connectivity index (χ1n) is 8.01. The predicted molar refractivity (Wildman–Crippen MR) is 105 cm³/mol. The van der Waals surface area contributed by atoms with Crippen molar-refractivity contribution in [1.82, 2.24) is 9.88 Å². The molecular formula is C20H17N3OS. The number of hydrogen-bond donors (Lipinski definition) is 1. The summed E-state index contributed by atoms with van der Waals surface area (Å²) in [6, 6.07) is 18.2. The molecule has 0 bridgehead atoms. The van der Waals surface area contributed by atoms with Gasteiger partial charge in [-0.1, -0.05) is 35.9 Å². The summed E-state index contributed by atoms with van der Waals surface area (Å²) in [5.41, 5.74) is 4.16. The van der Waals surface area contributed by atoms with E-state index >= 15 is 0 Å². The number of aryl methyl sites for hydroxylation is 2. The third-order valence-corrected chi connectivity index (χ3v) is 5.09. The monoisotopic (exact) mass is 347 g/mol. The van der Waals surface area contributed by atoms with Gasteiger partial charge in [-0.2, -0.15) is 0 Å². The van der Waals surface area contributed by atoms with Crippen molar-refractivity contribution >= 4 is 45.5 Å². The molecule has 0 atom stereocenters. The summed E-state index contributed by atoms with van der Waals surface area (Å²) in [7, 11) is 2.01. The van der Waals surface area contributed by atoms with Crippen LogP contribution in [0.1, 0.15) is 11.3 Å². The van der Waals surface area contributed by atoms with Gasteiger partial charge >= 0.3 is 0 Å². The van der Waals surface area contributed by atoms with Crippen LogP contribution in [0.15, 0.2) is 64.5 Å². The van der Waals surface area contributed by atoms with Gasteiger partial charge in [0, 0.05) is 23.6 Å². The summed E-state index contributed by atoms with van der Waals surface area (Å²) in [5, 5.41) is 4.61. The van der Waals surface area contributed by atoms with Crippen LogP contribution >= 0.6 is 11.8 Å². The second-order valence-corrected chi connectivity index (χ2v) is 7.03. The number of thioether (sulfide) groups is 1. The number of nitrogens with one attached hydrogen (secondary N) is 1. The van der Waals surface area contributed by atoms with Gasteiger partial charge in [0.2, 0.25) is 0 Å². The second-order valence-electron chi connectivity index (χ2n) is 6.00. The van der Waals surface area contributed by atoms with Crippen LogP contribution in [0.25, 0.3) is 17.0 Å². The number of carbonyl (C=O) groups is 1. The largest absolute Gasteiger partial charge is 0.344 e. The van der Waals surface area contributed by atoms with E-state index in [-0.39, 0.29) is 5.91 Å². The van der Waals surface area contributed by atoms with E-state index in [9.17, 15) is 4.79 Å². The summed E-state index contributed by atoms with van der Waals surface area (Å²) in [6.45, 7) is 2.04. The molecule has 0 spiro atoms. The lowest BCUT2D eigenvalue weighted by Crippen LogP contribution is -2.19. The van der Waals surface area contributed by atoms with Crippen LogP contribution < -0.4 is 5.32 Å². The third-order valence-electron chi connectivity index (χ3n) is 4.18. The maximum atomic E-state index is 12.3. The Morgan fingerprint density at radius 3 is 2.64 bits per heavy atom. The average molecular weight is 347 g/mol. The lowest BCUT2D eigenvalue weighted by Gasteiger charge is -1.99. The molecule has 0 radical (unpaired) electrons. The fraction of sp³-hybridized carbons (Fsp3) is 0.100. The number of hydrogen-bond acceptors (Lipinski definition) is 3. The highest BCUT2D eigenvalue weighted by molar-refractivity contribution is 8.18. The summed E-state index contributed by atoms with van der Waals surface area (Å²) >= 11 is 1.37. The smallest absolute Gasteiger partial charge is 0.264 e. The number of aliphatic imine (C=N–C) groups is 1. The van der Waals surface area contributed by atoms with Crippen molar-refractivity contribution in [3.8, 4) is 0 Å². The van der Waals surface area contributed by atoms with Crippen LogP contribution in [0, 0.1) is 6.92 Å². The molecule has 1 aliphatic rings. The lowest BCUT2D eigenvalue weighted by molar-refractivity contribution is -0.115. The number of benzene rings is 2. The highest BCUT2D eigenvalue weighted by Gasteiger charge is 2.24. The van der Waals surface area contributed by atoms with Gasteiger partial charge in [0.1, 0.15) is 0 Å². The Hall–Kier alpha value is -2.79. The molecule has 1 aliphatic heterocycles. The van der Waals surface area contributed by atoms with Crippen molar-refractivity contribution in [3.63, 3.8) is 0 Å². The van der Waals surface area contributed by atoms with Gasteiger partial charge in [0.15, 0.2) is 5.17 Å². The van der Waals surface area contributed by atoms with E-state index in [1.807, 2.05) is 56.4 Å². The normalized spacial score (nSPS) is 17.6. The second kappa shape index (κ2) is 6.26. The lowest BCUT2D eigenvalue weighted by atomic mass is 10.2. The van der Waals surface area contributed by atoms with Crippen LogP contribution in [0.2, 0.25) is 0 Å². The van der Waals surface area contributed by atoms with Crippen LogP contribution in [-0.4, -0.2) is 15.6 Å². The minimum absolute atomic E-state index is 0.110. The molecule has 4 nitrogen and oxygen atoms in total. The van der Waals surface area contributed by atoms with Gasteiger partial charge in [-0.05, 0) is 49.0 Å². The topological polar surface area (TPSA) is 46.4 Å². The van der Waals surface area contributed by atoms with Gasteiger partial charge in [-0.3, -0.25) is 4.79 Å². The van der Waals surface area contributed by atoms with E-state index in [1.54, 1.807) is 0 Å². The first kappa shape index (κ1) is 15.7. The minimum Gasteiger partial charge on any atom is -0.344 e. The predicted octanol–water partition coefficient (Wildman–Crippen LogP) is 4.38. The molecule has 1 aromatic heterocycles. The Labute approximate surface area is 150 Å². The zero-order valence-electron chi connectivity index (χ0n) is 14.0. The van der Waals surface area contributed by atoms with Crippen LogP contribution in [0.5, 0.6) is 0 Å². The first-order chi connectivity index (χ1) is 12.1. The van der Waals surface area contributed by atoms with Crippen molar-refractivity contribution in [2.24, 2.45) is 12.0 Å². The molecular weight excluding hydrogens is 330 g/mol. The van der Waals surface area contributed by atoms with Gasteiger partial charge in [-0.25, -0.2) is 4.99 Å². The molecule has 4 rings (SSSR count). The molecule has 5 heteroatoms. The molecule has 124 valence electrons. The molecule has 25 heavy (non-hydrogen) atoms. The average Bonchev–Trinajstić information content (AvgIpc) is 3.11. The van der Waals surface area contributed by atoms with Gasteiger partial charge in [0.25, 0.3) is 5.91 Å². The number of rotatable bonds is 2. The Balaban J connectivity index is 1.64.